The third kappa shape index (κ3) is 6.22. The van der Waals surface area contributed by atoms with Crippen LogP contribution in [0.25, 0.3) is 0 Å². The number of hydrogen-bond acceptors (Lipinski definition) is 7. The molecule has 0 spiro atoms. The molecule has 178 valence electrons. The van der Waals surface area contributed by atoms with Crippen LogP contribution >= 0.6 is 0 Å². The molecule has 0 aliphatic rings. The van der Waals surface area contributed by atoms with Crippen molar-refractivity contribution in [3.05, 3.63) is 71.8 Å². The lowest BCUT2D eigenvalue weighted by atomic mass is 9.92. The highest BCUT2D eigenvalue weighted by molar-refractivity contribution is 5.86. The Morgan fingerprint density at radius 1 is 1.00 bits per heavy atom. The number of rotatable bonds is 9. The number of amides is 1. The molecule has 2 aromatic rings. The van der Waals surface area contributed by atoms with Gasteiger partial charge in [-0.3, -0.25) is 0 Å². The molecule has 0 heterocycles. The smallest absolute Gasteiger partial charge is 0.432 e. The molecule has 0 bridgehead atoms. The van der Waals surface area contributed by atoms with Crippen molar-refractivity contribution < 1.29 is 47.9 Å². The van der Waals surface area contributed by atoms with Crippen LogP contribution in [0.2, 0.25) is 0 Å². The molecule has 2 aromatic carbocycles. The second kappa shape index (κ2) is 11.3. The van der Waals surface area contributed by atoms with E-state index in [2.05, 4.69) is 9.47 Å². The minimum Gasteiger partial charge on any atom is -0.466 e. The molecular formula is C22H22F3NO7. The molecule has 8 nitrogen and oxygen atoms in total. The molecule has 0 aromatic heterocycles. The molecular weight excluding hydrogens is 447 g/mol. The number of alkyl halides is 3. The van der Waals surface area contributed by atoms with Crippen molar-refractivity contribution >= 4 is 18.0 Å². The van der Waals surface area contributed by atoms with E-state index in [1.165, 1.54) is 18.2 Å². The lowest BCUT2D eigenvalue weighted by Crippen LogP contribution is -2.54. The Morgan fingerprint density at radius 3 is 2.09 bits per heavy atom. The third-order valence-corrected chi connectivity index (χ3v) is 4.41. The van der Waals surface area contributed by atoms with Crippen LogP contribution in [0.5, 0.6) is 0 Å². The van der Waals surface area contributed by atoms with Gasteiger partial charge in [0, 0.05) is 12.7 Å². The van der Waals surface area contributed by atoms with Gasteiger partial charge in [0.2, 0.25) is 6.10 Å². The van der Waals surface area contributed by atoms with Gasteiger partial charge in [-0.05, 0) is 5.56 Å². The Kier molecular flexibility index (Phi) is 8.25. The van der Waals surface area contributed by atoms with E-state index in [1.807, 2.05) is 5.32 Å². The van der Waals surface area contributed by atoms with E-state index >= 15 is 0 Å². The van der Waals surface area contributed by atoms with E-state index in [0.29, 0.717) is 12.7 Å². The number of methoxy groups -OCH3 is 2. The molecule has 0 aliphatic carbocycles. The van der Waals surface area contributed by atoms with Crippen LogP contribution in [0.15, 0.2) is 60.7 Å². The van der Waals surface area contributed by atoms with Crippen molar-refractivity contribution in [1.29, 1.82) is 0 Å². The van der Waals surface area contributed by atoms with Gasteiger partial charge in [-0.2, -0.15) is 13.2 Å². The number of esters is 2. The van der Waals surface area contributed by atoms with Gasteiger partial charge in [-0.15, -0.1) is 0 Å². The Balaban J connectivity index is 2.22. The SMILES string of the molecule is [2H][C@H](NC(=O)OCc1ccccc1)[C@@H](OC(=O)[C@](OC)(c1ccccc1)C(F)(F)F)C(=O)OC. The van der Waals surface area contributed by atoms with Crippen molar-refractivity contribution in [2.45, 2.75) is 24.5 Å². The number of halogens is 3. The minimum atomic E-state index is -5.31. The zero-order chi connectivity index (χ0) is 25.4. The summed E-state index contributed by atoms with van der Waals surface area (Å²) in [6.45, 7) is -2.24. The summed E-state index contributed by atoms with van der Waals surface area (Å²) in [4.78, 5) is 36.9. The Hall–Kier alpha value is -3.60. The number of benzene rings is 2. The van der Waals surface area contributed by atoms with Crippen LogP contribution in [0.4, 0.5) is 18.0 Å². The third-order valence-electron chi connectivity index (χ3n) is 4.41. The molecule has 2 rings (SSSR count). The Labute approximate surface area is 189 Å². The van der Waals surface area contributed by atoms with Gasteiger partial charge >= 0.3 is 24.2 Å². The monoisotopic (exact) mass is 470 g/mol. The topological polar surface area (TPSA) is 100 Å². The number of ether oxygens (including phenoxy) is 4. The molecule has 0 aliphatic heterocycles. The molecule has 3 atom stereocenters. The summed E-state index contributed by atoms with van der Waals surface area (Å²) in [6, 6.07) is 14.4. The van der Waals surface area contributed by atoms with Crippen molar-refractivity contribution in [1.82, 2.24) is 5.32 Å². The van der Waals surface area contributed by atoms with Gasteiger partial charge in [0.1, 0.15) is 6.61 Å². The fourth-order valence-electron chi connectivity index (χ4n) is 2.76. The summed E-state index contributed by atoms with van der Waals surface area (Å²) in [6.07, 6.45) is -8.74. The lowest BCUT2D eigenvalue weighted by molar-refractivity contribution is -0.278. The fourth-order valence-corrected chi connectivity index (χ4v) is 2.76. The highest BCUT2D eigenvalue weighted by atomic mass is 19.4. The van der Waals surface area contributed by atoms with Crippen LogP contribution in [-0.4, -0.2) is 51.1 Å². The maximum Gasteiger partial charge on any atom is 0.432 e. The molecule has 11 heteroatoms. The first-order valence-corrected chi connectivity index (χ1v) is 9.42. The highest BCUT2D eigenvalue weighted by Crippen LogP contribution is 2.43. The summed E-state index contributed by atoms with van der Waals surface area (Å²) in [5.41, 5.74) is -3.60. The van der Waals surface area contributed by atoms with Crippen LogP contribution in [0.3, 0.4) is 0 Å². The van der Waals surface area contributed by atoms with Crippen molar-refractivity contribution in [2.24, 2.45) is 0 Å². The second-order valence-electron chi connectivity index (χ2n) is 6.47. The zero-order valence-corrected chi connectivity index (χ0v) is 17.6. The van der Waals surface area contributed by atoms with E-state index in [-0.39, 0.29) is 6.61 Å². The normalized spacial score (nSPS) is 15.2. The zero-order valence-electron chi connectivity index (χ0n) is 18.6. The first kappa shape index (κ1) is 24.1. The molecule has 0 saturated carbocycles. The average molecular weight is 470 g/mol. The summed E-state index contributed by atoms with van der Waals surface area (Å²) in [5.74, 6) is -3.40. The van der Waals surface area contributed by atoms with Crippen LogP contribution in [0, 0.1) is 0 Å². The van der Waals surface area contributed by atoms with E-state index in [0.717, 1.165) is 19.2 Å². The van der Waals surface area contributed by atoms with E-state index in [1.54, 1.807) is 30.3 Å². The minimum absolute atomic E-state index is 0.184. The van der Waals surface area contributed by atoms with E-state index in [4.69, 9.17) is 10.8 Å². The second-order valence-corrected chi connectivity index (χ2v) is 6.47. The van der Waals surface area contributed by atoms with Crippen molar-refractivity contribution in [3.63, 3.8) is 0 Å². The molecule has 0 unspecified atom stereocenters. The maximum absolute atomic E-state index is 14.0. The summed E-state index contributed by atoms with van der Waals surface area (Å²) >= 11 is 0. The largest absolute Gasteiger partial charge is 0.466 e. The molecule has 1 N–H and O–H groups in total. The Morgan fingerprint density at radius 2 is 1.58 bits per heavy atom. The summed E-state index contributed by atoms with van der Waals surface area (Å²) in [5, 5.41) is 1.92. The molecule has 0 saturated heterocycles. The standard InChI is InChI=1S/C22H22F3NO7/c1-30-18(27)17(13-26-20(29)32-14-15-9-5-3-6-10-15)33-19(28)21(31-2,22(23,24)25)16-11-7-4-8-12-16/h3-12,17H,13-14H2,1-2H3,(H,26,29)/t17-,21-/m1/s1/i13D/t13-,17+,21+/m0. The van der Waals surface area contributed by atoms with Crippen molar-refractivity contribution in [2.75, 3.05) is 20.7 Å². The van der Waals surface area contributed by atoms with Gasteiger partial charge in [0.15, 0.2) is 0 Å². The van der Waals surface area contributed by atoms with Crippen LogP contribution < -0.4 is 5.32 Å². The van der Waals surface area contributed by atoms with E-state index in [9.17, 15) is 27.6 Å². The van der Waals surface area contributed by atoms with Gasteiger partial charge in [-0.25, -0.2) is 14.4 Å². The predicted molar refractivity (Wildman–Crippen MR) is 108 cm³/mol. The molecule has 0 radical (unpaired) electrons. The number of alkyl carbamates (subject to hydrolysis) is 1. The Bertz CT molecular complexity index is 975. The lowest BCUT2D eigenvalue weighted by Gasteiger charge is -2.33. The average Bonchev–Trinajstić information content (AvgIpc) is 2.82. The number of hydrogen-bond donors (Lipinski definition) is 1. The summed E-state index contributed by atoms with van der Waals surface area (Å²) < 4.78 is 68.8. The first-order valence-electron chi connectivity index (χ1n) is 10.00. The quantitative estimate of drug-likeness (QED) is 0.444. The van der Waals surface area contributed by atoms with Gasteiger partial charge in [0.25, 0.3) is 5.60 Å². The maximum atomic E-state index is 14.0. The number of nitrogens with one attached hydrogen (secondary N) is 1. The fraction of sp³-hybridized carbons (Fsp3) is 0.318. The number of carbonyl (C=O) groups excluding carboxylic acids is 3. The van der Waals surface area contributed by atoms with Crippen LogP contribution in [0.1, 0.15) is 12.5 Å². The highest BCUT2D eigenvalue weighted by Gasteiger charge is 2.64. The first-order chi connectivity index (χ1) is 16.1. The predicted octanol–water partition coefficient (Wildman–Crippen LogP) is 3.10. The summed E-state index contributed by atoms with van der Waals surface area (Å²) in [7, 11) is 1.51. The van der Waals surface area contributed by atoms with Gasteiger partial charge in [0.05, 0.1) is 15.0 Å². The molecule has 1 amide bonds. The number of carbonyl (C=O) groups is 3. The molecule has 33 heavy (non-hydrogen) atoms. The van der Waals surface area contributed by atoms with E-state index < -0.39 is 48.0 Å². The van der Waals surface area contributed by atoms with Crippen molar-refractivity contribution in [3.8, 4) is 0 Å². The van der Waals surface area contributed by atoms with Gasteiger partial charge < -0.3 is 24.3 Å². The molecule has 0 fully saturated rings. The van der Waals surface area contributed by atoms with Gasteiger partial charge in [-0.1, -0.05) is 60.7 Å². The van der Waals surface area contributed by atoms with Crippen LogP contribution in [-0.2, 0) is 40.7 Å².